The van der Waals surface area contributed by atoms with E-state index in [0.717, 1.165) is 24.9 Å². The van der Waals surface area contributed by atoms with Gasteiger partial charge >= 0.3 is 0 Å². The van der Waals surface area contributed by atoms with Crippen LogP contribution in [-0.4, -0.2) is 48.9 Å². The summed E-state index contributed by atoms with van der Waals surface area (Å²) in [5, 5.41) is 8.20. The molecule has 1 aliphatic heterocycles. The largest absolute Gasteiger partial charge is 0.342 e. The number of carbonyl (C=O) groups excluding carboxylic acids is 1. The molecule has 0 bridgehead atoms. The SMILES string of the molecule is O=C(CC1CCCC1)N1CCC[C@H](c2nc3c(nnn3Cc3ccccc3)c(=O)[nH]2)C1. The third kappa shape index (κ3) is 4.24. The summed E-state index contributed by atoms with van der Waals surface area (Å²) in [5.41, 5.74) is 1.55. The van der Waals surface area contributed by atoms with Crippen molar-refractivity contribution >= 4 is 17.1 Å². The zero-order chi connectivity index (χ0) is 21.2. The highest BCUT2D eigenvalue weighted by atomic mass is 16.2. The van der Waals surface area contributed by atoms with E-state index < -0.39 is 0 Å². The van der Waals surface area contributed by atoms with Crippen molar-refractivity contribution < 1.29 is 4.79 Å². The molecule has 1 N–H and O–H groups in total. The molecule has 0 unspecified atom stereocenters. The summed E-state index contributed by atoms with van der Waals surface area (Å²) in [4.78, 5) is 35.1. The maximum Gasteiger partial charge on any atom is 0.281 e. The number of aromatic amines is 1. The summed E-state index contributed by atoms with van der Waals surface area (Å²) in [6.45, 7) is 1.91. The zero-order valence-corrected chi connectivity index (χ0v) is 17.7. The molecule has 8 nitrogen and oxygen atoms in total. The number of piperidine rings is 1. The van der Waals surface area contributed by atoms with Gasteiger partial charge in [0.25, 0.3) is 5.56 Å². The number of benzene rings is 1. The van der Waals surface area contributed by atoms with Gasteiger partial charge in [0.15, 0.2) is 11.2 Å². The van der Waals surface area contributed by atoms with E-state index in [-0.39, 0.29) is 22.9 Å². The second-order valence-corrected chi connectivity index (χ2v) is 8.89. The lowest BCUT2D eigenvalue weighted by Gasteiger charge is -2.33. The van der Waals surface area contributed by atoms with Gasteiger partial charge in [-0.15, -0.1) is 5.10 Å². The average molecular weight is 421 g/mol. The van der Waals surface area contributed by atoms with Crippen LogP contribution in [0, 0.1) is 5.92 Å². The Labute approximate surface area is 180 Å². The summed E-state index contributed by atoms with van der Waals surface area (Å²) in [6.07, 6.45) is 7.32. The molecule has 1 atom stereocenters. The van der Waals surface area contributed by atoms with E-state index in [0.29, 0.717) is 36.9 Å². The van der Waals surface area contributed by atoms with Crippen molar-refractivity contribution in [2.75, 3.05) is 13.1 Å². The molecule has 8 heteroatoms. The van der Waals surface area contributed by atoms with E-state index in [1.165, 1.54) is 25.7 Å². The van der Waals surface area contributed by atoms with E-state index in [4.69, 9.17) is 4.98 Å². The van der Waals surface area contributed by atoms with Crippen LogP contribution >= 0.6 is 0 Å². The predicted molar refractivity (Wildman–Crippen MR) is 117 cm³/mol. The smallest absolute Gasteiger partial charge is 0.281 e. The molecular weight excluding hydrogens is 392 g/mol. The van der Waals surface area contributed by atoms with Crippen LogP contribution in [0.3, 0.4) is 0 Å². The van der Waals surface area contributed by atoms with Crippen molar-refractivity contribution in [1.82, 2.24) is 29.9 Å². The number of rotatable bonds is 5. The molecule has 0 radical (unpaired) electrons. The topological polar surface area (TPSA) is 96.8 Å². The highest BCUT2D eigenvalue weighted by Gasteiger charge is 2.29. The van der Waals surface area contributed by atoms with Crippen LogP contribution in [-0.2, 0) is 11.3 Å². The number of nitrogens with one attached hydrogen (secondary N) is 1. The molecule has 31 heavy (non-hydrogen) atoms. The fraction of sp³-hybridized carbons (Fsp3) is 0.522. The molecule has 1 saturated heterocycles. The molecule has 0 spiro atoms. The number of fused-ring (bicyclic) bond motifs is 1. The first-order valence-corrected chi connectivity index (χ1v) is 11.3. The number of likely N-dealkylation sites (tertiary alicyclic amines) is 1. The van der Waals surface area contributed by atoms with Gasteiger partial charge in [-0.1, -0.05) is 48.4 Å². The van der Waals surface area contributed by atoms with Crippen LogP contribution in [0.4, 0.5) is 0 Å². The van der Waals surface area contributed by atoms with Crippen molar-refractivity contribution in [3.05, 3.63) is 52.1 Å². The van der Waals surface area contributed by atoms with Gasteiger partial charge in [0.1, 0.15) is 5.82 Å². The number of amides is 1. The number of hydrogen-bond donors (Lipinski definition) is 1. The first-order chi connectivity index (χ1) is 15.2. The third-order valence-corrected chi connectivity index (χ3v) is 6.67. The normalized spacial score (nSPS) is 19.9. The maximum atomic E-state index is 12.8. The highest BCUT2D eigenvalue weighted by Crippen LogP contribution is 2.30. The molecule has 2 aromatic heterocycles. The van der Waals surface area contributed by atoms with Crippen molar-refractivity contribution in [2.45, 2.75) is 57.4 Å². The van der Waals surface area contributed by atoms with Gasteiger partial charge in [0.05, 0.1) is 6.54 Å². The van der Waals surface area contributed by atoms with Gasteiger partial charge in [-0.2, -0.15) is 0 Å². The summed E-state index contributed by atoms with van der Waals surface area (Å²) in [7, 11) is 0. The van der Waals surface area contributed by atoms with Crippen LogP contribution in [0.25, 0.3) is 11.2 Å². The lowest BCUT2D eigenvalue weighted by atomic mass is 9.95. The fourth-order valence-corrected chi connectivity index (χ4v) is 4.96. The van der Waals surface area contributed by atoms with E-state index in [1.54, 1.807) is 4.68 Å². The van der Waals surface area contributed by atoms with Crippen LogP contribution in [0.1, 0.15) is 62.3 Å². The third-order valence-electron chi connectivity index (χ3n) is 6.67. The molecule has 2 aliphatic rings. The van der Waals surface area contributed by atoms with Crippen LogP contribution in [0.15, 0.2) is 35.1 Å². The summed E-state index contributed by atoms with van der Waals surface area (Å²) in [5.74, 6) is 1.45. The number of hydrogen-bond acceptors (Lipinski definition) is 5. The maximum absolute atomic E-state index is 12.8. The van der Waals surface area contributed by atoms with Crippen molar-refractivity contribution in [2.24, 2.45) is 5.92 Å². The molecular formula is C23H28N6O2. The minimum absolute atomic E-state index is 0.0263. The number of carbonyl (C=O) groups is 1. The Hall–Kier alpha value is -3.03. The van der Waals surface area contributed by atoms with Crippen molar-refractivity contribution in [3.63, 3.8) is 0 Å². The molecule has 1 aliphatic carbocycles. The monoisotopic (exact) mass is 420 g/mol. The first kappa shape index (κ1) is 19.9. The van der Waals surface area contributed by atoms with Gasteiger partial charge in [-0.25, -0.2) is 9.67 Å². The summed E-state index contributed by atoms with van der Waals surface area (Å²) < 4.78 is 1.68. The summed E-state index contributed by atoms with van der Waals surface area (Å²) >= 11 is 0. The molecule has 1 aromatic carbocycles. The zero-order valence-electron chi connectivity index (χ0n) is 17.7. The van der Waals surface area contributed by atoms with E-state index in [9.17, 15) is 9.59 Å². The number of H-pyrrole nitrogens is 1. The molecule has 3 heterocycles. The van der Waals surface area contributed by atoms with Gasteiger partial charge in [0, 0.05) is 25.4 Å². The minimum atomic E-state index is -0.270. The van der Waals surface area contributed by atoms with Crippen LogP contribution in [0.5, 0.6) is 0 Å². The Morgan fingerprint density at radius 3 is 2.71 bits per heavy atom. The Bertz CT molecular complexity index is 1120. The minimum Gasteiger partial charge on any atom is -0.342 e. The van der Waals surface area contributed by atoms with Crippen molar-refractivity contribution in [1.29, 1.82) is 0 Å². The van der Waals surface area contributed by atoms with Gasteiger partial charge in [-0.3, -0.25) is 9.59 Å². The van der Waals surface area contributed by atoms with E-state index in [2.05, 4.69) is 15.3 Å². The number of nitrogens with zero attached hydrogens (tertiary/aromatic N) is 5. The first-order valence-electron chi connectivity index (χ1n) is 11.3. The van der Waals surface area contributed by atoms with Crippen LogP contribution < -0.4 is 5.56 Å². The fourth-order valence-electron chi connectivity index (χ4n) is 4.96. The Morgan fingerprint density at radius 1 is 1.10 bits per heavy atom. The highest BCUT2D eigenvalue weighted by molar-refractivity contribution is 5.76. The van der Waals surface area contributed by atoms with Gasteiger partial charge in [0.2, 0.25) is 5.91 Å². The van der Waals surface area contributed by atoms with Gasteiger partial charge in [-0.05, 0) is 37.2 Å². The van der Waals surface area contributed by atoms with Gasteiger partial charge < -0.3 is 9.88 Å². The Morgan fingerprint density at radius 2 is 1.90 bits per heavy atom. The standard InChI is InChI=1S/C23H28N6O2/c30-19(13-16-7-4-5-8-16)28-12-6-11-18(15-28)21-24-22-20(23(31)25-21)26-27-29(22)14-17-9-2-1-3-10-17/h1-3,9-10,16,18H,4-8,11-15H2,(H,24,25,31)/t18-/m0/s1. The molecule has 2 fully saturated rings. The molecule has 5 rings (SSSR count). The van der Waals surface area contributed by atoms with Crippen molar-refractivity contribution in [3.8, 4) is 0 Å². The summed E-state index contributed by atoms with van der Waals surface area (Å²) in [6, 6.07) is 9.93. The lowest BCUT2D eigenvalue weighted by Crippen LogP contribution is -2.40. The van der Waals surface area contributed by atoms with Crippen LogP contribution in [0.2, 0.25) is 0 Å². The Balaban J connectivity index is 1.37. The molecule has 3 aromatic rings. The molecule has 1 saturated carbocycles. The average Bonchev–Trinajstić information content (AvgIpc) is 3.45. The molecule has 1 amide bonds. The molecule has 162 valence electrons. The predicted octanol–water partition coefficient (Wildman–Crippen LogP) is 2.85. The van der Waals surface area contributed by atoms with E-state index in [1.807, 2.05) is 35.2 Å². The second kappa shape index (κ2) is 8.61. The quantitative estimate of drug-likeness (QED) is 0.685. The number of aromatic nitrogens is 5. The Kier molecular flexibility index (Phi) is 5.53. The second-order valence-electron chi connectivity index (χ2n) is 8.89. The van der Waals surface area contributed by atoms with E-state index >= 15 is 0 Å². The lowest BCUT2D eigenvalue weighted by molar-refractivity contribution is -0.133.